The molecular formula is C35H36BrClN4O5. The molecule has 1 aliphatic rings. The second-order valence-electron chi connectivity index (χ2n) is 10.9. The van der Waals surface area contributed by atoms with Crippen LogP contribution >= 0.6 is 28.3 Å². The predicted molar refractivity (Wildman–Crippen MR) is 186 cm³/mol. The van der Waals surface area contributed by atoms with E-state index in [0.717, 1.165) is 20.8 Å². The summed E-state index contributed by atoms with van der Waals surface area (Å²) in [6.45, 7) is 5.69. The van der Waals surface area contributed by atoms with E-state index in [0.29, 0.717) is 34.8 Å². The average molecular weight is 708 g/mol. The fraction of sp³-hybridized carbons (Fsp3) is 0.257. The number of amides is 3. The molecule has 4 aromatic carbocycles. The highest BCUT2D eigenvalue weighted by Crippen LogP contribution is 2.38. The van der Waals surface area contributed by atoms with E-state index in [1.165, 1.54) is 11.8 Å². The molecule has 9 nitrogen and oxygen atoms in total. The molecule has 0 fully saturated rings. The van der Waals surface area contributed by atoms with Crippen LogP contribution in [0.5, 0.6) is 5.75 Å². The Labute approximate surface area is 282 Å². The van der Waals surface area contributed by atoms with Crippen LogP contribution in [0.4, 0.5) is 11.4 Å². The van der Waals surface area contributed by atoms with Crippen molar-refractivity contribution < 1.29 is 23.9 Å². The first-order valence-electron chi connectivity index (χ1n) is 14.7. The summed E-state index contributed by atoms with van der Waals surface area (Å²) in [6, 6.07) is 21.8. The number of likely N-dealkylation sites (N-methyl/N-ethyl adjacent to an activating group) is 1. The van der Waals surface area contributed by atoms with Crippen LogP contribution in [0.25, 0.3) is 10.8 Å². The van der Waals surface area contributed by atoms with Crippen LogP contribution in [-0.2, 0) is 16.1 Å². The van der Waals surface area contributed by atoms with Gasteiger partial charge < -0.3 is 25.2 Å². The van der Waals surface area contributed by atoms with Crippen LogP contribution in [0.2, 0.25) is 0 Å². The van der Waals surface area contributed by atoms with Crippen LogP contribution in [0.1, 0.15) is 47.1 Å². The molecule has 3 amide bonds. The SMILES string of the molecule is CCNC(C)C(=O)NC1CN(C(=O)c2ccc(C(C)=O)cc2)c2ccccc2N(Cc2c(OC)ccc3cc(Br)ccc23)C1=O.Cl. The topological polar surface area (TPSA) is 108 Å². The molecule has 5 rings (SSSR count). The summed E-state index contributed by atoms with van der Waals surface area (Å²) in [5, 5.41) is 7.86. The first-order valence-corrected chi connectivity index (χ1v) is 15.5. The molecular weight excluding hydrogens is 672 g/mol. The molecule has 0 aliphatic carbocycles. The quantitative estimate of drug-likeness (QED) is 0.210. The Balaban J connectivity index is 0.00000480. The molecule has 0 aromatic heterocycles. The predicted octanol–water partition coefficient (Wildman–Crippen LogP) is 5.91. The van der Waals surface area contributed by atoms with Crippen LogP contribution in [0.15, 0.2) is 83.3 Å². The summed E-state index contributed by atoms with van der Waals surface area (Å²) in [5.74, 6) is -0.577. The molecule has 2 N–H and O–H groups in total. The van der Waals surface area contributed by atoms with E-state index in [2.05, 4.69) is 26.6 Å². The number of ketones is 1. The number of nitrogens with zero attached hydrogens (tertiary/aromatic N) is 2. The van der Waals surface area contributed by atoms with Crippen LogP contribution in [0.3, 0.4) is 0 Å². The fourth-order valence-corrected chi connectivity index (χ4v) is 5.98. The van der Waals surface area contributed by atoms with Gasteiger partial charge in [-0.15, -0.1) is 12.4 Å². The van der Waals surface area contributed by atoms with E-state index >= 15 is 0 Å². The minimum absolute atomic E-state index is 0. The normalized spacial score (nSPS) is 15.0. The number of ether oxygens (including phenoxy) is 1. The van der Waals surface area contributed by atoms with Crippen molar-refractivity contribution in [1.82, 2.24) is 10.6 Å². The van der Waals surface area contributed by atoms with Gasteiger partial charge in [-0.1, -0.05) is 59.3 Å². The van der Waals surface area contributed by atoms with Crippen molar-refractivity contribution in [2.75, 3.05) is 30.0 Å². The number of para-hydroxylation sites is 2. The zero-order chi connectivity index (χ0) is 32.2. The van der Waals surface area contributed by atoms with Crippen LogP contribution in [-0.4, -0.2) is 55.8 Å². The first-order chi connectivity index (χ1) is 21.6. The summed E-state index contributed by atoms with van der Waals surface area (Å²) >= 11 is 3.54. The number of hydrogen-bond acceptors (Lipinski definition) is 6. The molecule has 0 spiro atoms. The minimum atomic E-state index is -1.05. The number of benzene rings is 4. The van der Waals surface area contributed by atoms with Crippen molar-refractivity contribution in [1.29, 1.82) is 0 Å². The van der Waals surface area contributed by atoms with Gasteiger partial charge in [-0.25, -0.2) is 0 Å². The summed E-state index contributed by atoms with van der Waals surface area (Å²) < 4.78 is 6.68. The second kappa shape index (κ2) is 14.9. The van der Waals surface area contributed by atoms with Crippen molar-refractivity contribution in [2.24, 2.45) is 0 Å². The number of halogens is 2. The zero-order valence-corrected chi connectivity index (χ0v) is 28.4. The number of Topliss-reactive ketones (excluding diaryl/α,β-unsaturated/α-hetero) is 1. The fourth-order valence-electron chi connectivity index (χ4n) is 5.61. The lowest BCUT2D eigenvalue weighted by molar-refractivity contribution is -0.128. The second-order valence-corrected chi connectivity index (χ2v) is 11.8. The van der Waals surface area contributed by atoms with Gasteiger partial charge in [0.2, 0.25) is 5.91 Å². The molecule has 0 radical (unpaired) electrons. The number of methoxy groups -OCH3 is 1. The van der Waals surface area contributed by atoms with E-state index in [1.54, 1.807) is 55.3 Å². The Morgan fingerprint density at radius 2 is 1.65 bits per heavy atom. The highest BCUT2D eigenvalue weighted by atomic mass is 79.9. The smallest absolute Gasteiger partial charge is 0.258 e. The van der Waals surface area contributed by atoms with Crippen molar-refractivity contribution >= 4 is 74.0 Å². The van der Waals surface area contributed by atoms with E-state index in [-0.39, 0.29) is 49.0 Å². The largest absolute Gasteiger partial charge is 0.496 e. The number of nitrogens with one attached hydrogen (secondary N) is 2. The van der Waals surface area contributed by atoms with Crippen LogP contribution in [0, 0.1) is 0 Å². The van der Waals surface area contributed by atoms with Gasteiger partial charge in [-0.05, 0) is 73.6 Å². The molecule has 2 atom stereocenters. The maximum atomic E-state index is 14.5. The summed E-state index contributed by atoms with van der Waals surface area (Å²) in [5.41, 5.74) is 2.66. The van der Waals surface area contributed by atoms with Gasteiger partial charge in [0.1, 0.15) is 11.8 Å². The van der Waals surface area contributed by atoms with Crippen molar-refractivity contribution in [2.45, 2.75) is 39.4 Å². The van der Waals surface area contributed by atoms with Gasteiger partial charge in [-0.2, -0.15) is 0 Å². The van der Waals surface area contributed by atoms with Gasteiger partial charge in [0.25, 0.3) is 11.8 Å². The monoisotopic (exact) mass is 706 g/mol. The van der Waals surface area contributed by atoms with Crippen molar-refractivity contribution in [3.05, 3.63) is 100 Å². The average Bonchev–Trinajstić information content (AvgIpc) is 3.15. The Kier molecular flexibility index (Phi) is 11.2. The standard InChI is InChI=1S/C35H35BrN4O5.ClH/c1-5-37-21(2)33(42)38-29-20-40(34(43)24-12-10-23(11-13-24)22(3)41)31-9-7-6-8-30(31)39(35(29)44)19-28-27-16-15-26(36)18-25(27)14-17-32(28)45-4;/h6-18,21,29,37H,5,19-20H2,1-4H3,(H,38,42);1H. The highest BCUT2D eigenvalue weighted by molar-refractivity contribution is 9.10. The maximum Gasteiger partial charge on any atom is 0.258 e. The zero-order valence-electron chi connectivity index (χ0n) is 26.0. The lowest BCUT2D eigenvalue weighted by Gasteiger charge is -2.27. The van der Waals surface area contributed by atoms with E-state index in [9.17, 15) is 19.2 Å². The number of carbonyl (C=O) groups is 4. The molecule has 0 saturated heterocycles. The van der Waals surface area contributed by atoms with Gasteiger partial charge in [-0.3, -0.25) is 19.2 Å². The summed E-state index contributed by atoms with van der Waals surface area (Å²) in [7, 11) is 1.59. The molecule has 0 saturated carbocycles. The first kappa shape index (κ1) is 34.6. The molecule has 46 heavy (non-hydrogen) atoms. The van der Waals surface area contributed by atoms with Crippen molar-refractivity contribution in [3.63, 3.8) is 0 Å². The van der Waals surface area contributed by atoms with Gasteiger partial charge in [0.15, 0.2) is 5.78 Å². The van der Waals surface area contributed by atoms with Gasteiger partial charge >= 0.3 is 0 Å². The highest BCUT2D eigenvalue weighted by Gasteiger charge is 2.38. The van der Waals surface area contributed by atoms with E-state index in [1.807, 2.05) is 49.4 Å². The maximum absolute atomic E-state index is 14.5. The Morgan fingerprint density at radius 3 is 2.30 bits per heavy atom. The van der Waals surface area contributed by atoms with Crippen LogP contribution < -0.4 is 25.2 Å². The minimum Gasteiger partial charge on any atom is -0.496 e. The molecule has 1 aliphatic heterocycles. The number of fused-ring (bicyclic) bond motifs is 2. The Hall–Kier alpha value is -4.25. The number of anilines is 2. The molecule has 4 aromatic rings. The lowest BCUT2D eigenvalue weighted by atomic mass is 10.0. The van der Waals surface area contributed by atoms with E-state index < -0.39 is 12.1 Å². The molecule has 2 unspecified atom stereocenters. The molecule has 0 bridgehead atoms. The van der Waals surface area contributed by atoms with Gasteiger partial charge in [0.05, 0.1) is 37.6 Å². The van der Waals surface area contributed by atoms with Gasteiger partial charge in [0, 0.05) is 21.2 Å². The summed E-state index contributed by atoms with van der Waals surface area (Å²) in [6.07, 6.45) is 0. The molecule has 11 heteroatoms. The summed E-state index contributed by atoms with van der Waals surface area (Å²) in [4.78, 5) is 56.9. The third kappa shape index (κ3) is 7.09. The molecule has 1 heterocycles. The number of carbonyl (C=O) groups excluding carboxylic acids is 4. The number of rotatable bonds is 9. The lowest BCUT2D eigenvalue weighted by Crippen LogP contribution is -2.56. The number of hydrogen-bond donors (Lipinski definition) is 2. The van der Waals surface area contributed by atoms with Crippen molar-refractivity contribution in [3.8, 4) is 5.75 Å². The van der Waals surface area contributed by atoms with E-state index in [4.69, 9.17) is 4.74 Å². The molecule has 240 valence electrons. The third-order valence-electron chi connectivity index (χ3n) is 7.98. The third-order valence-corrected chi connectivity index (χ3v) is 8.48. The Bertz CT molecular complexity index is 1780. The Morgan fingerprint density at radius 1 is 0.978 bits per heavy atom.